The van der Waals surface area contributed by atoms with Crippen LogP contribution in [0, 0.1) is 0 Å². The molecule has 1 fully saturated rings. The summed E-state index contributed by atoms with van der Waals surface area (Å²) in [5, 5.41) is 0. The molecule has 0 radical (unpaired) electrons. The number of hydrogen-bond acceptors (Lipinski definition) is 4. The Kier molecular flexibility index (Phi) is 3.86. The van der Waals surface area contributed by atoms with Crippen LogP contribution in [0.2, 0.25) is 0 Å². The van der Waals surface area contributed by atoms with E-state index in [9.17, 15) is 0 Å². The lowest BCUT2D eigenvalue weighted by atomic mass is 10.2. The summed E-state index contributed by atoms with van der Waals surface area (Å²) in [7, 11) is 1.73. The lowest BCUT2D eigenvalue weighted by molar-refractivity contribution is 0.413. The van der Waals surface area contributed by atoms with Crippen LogP contribution in [0.3, 0.4) is 0 Å². The van der Waals surface area contributed by atoms with Gasteiger partial charge in [0.2, 0.25) is 0 Å². The van der Waals surface area contributed by atoms with Crippen molar-refractivity contribution >= 4 is 17.1 Å². The van der Waals surface area contributed by atoms with Gasteiger partial charge in [-0.05, 0) is 36.4 Å². The van der Waals surface area contributed by atoms with Crippen LogP contribution in [0.15, 0.2) is 48.5 Å². The summed E-state index contributed by atoms with van der Waals surface area (Å²) >= 11 is 0. The van der Waals surface area contributed by atoms with Crippen LogP contribution < -0.4 is 20.3 Å². The first kappa shape index (κ1) is 13.6. The molecular weight excluding hydrogens is 262 g/mol. The number of nitrogens with zero attached hydrogens (tertiary/aromatic N) is 2. The van der Waals surface area contributed by atoms with Crippen molar-refractivity contribution in [3.63, 3.8) is 0 Å². The molecule has 0 amide bonds. The Morgan fingerprint density at radius 2 is 1.48 bits per heavy atom. The summed E-state index contributed by atoms with van der Waals surface area (Å²) in [6.07, 6.45) is 0. The molecule has 2 N–H and O–H groups in total. The second-order valence-electron chi connectivity index (χ2n) is 5.24. The Bertz CT molecular complexity index is 589. The SMILES string of the molecule is COc1ccccc1N1CCN(c2ccc(N)cc2)CC1. The predicted molar refractivity (Wildman–Crippen MR) is 88.3 cm³/mol. The van der Waals surface area contributed by atoms with Crippen LogP contribution in [0.4, 0.5) is 17.1 Å². The van der Waals surface area contributed by atoms with Crippen molar-refractivity contribution in [3.8, 4) is 5.75 Å². The van der Waals surface area contributed by atoms with Crippen LogP contribution in [0.25, 0.3) is 0 Å². The number of hydrogen-bond donors (Lipinski definition) is 1. The Balaban J connectivity index is 1.69. The smallest absolute Gasteiger partial charge is 0.142 e. The number of nitrogen functional groups attached to an aromatic ring is 1. The molecule has 21 heavy (non-hydrogen) atoms. The van der Waals surface area contributed by atoms with Crippen molar-refractivity contribution < 1.29 is 4.74 Å². The van der Waals surface area contributed by atoms with E-state index in [2.05, 4.69) is 34.1 Å². The van der Waals surface area contributed by atoms with Gasteiger partial charge in [0.15, 0.2) is 0 Å². The molecule has 0 aliphatic carbocycles. The van der Waals surface area contributed by atoms with E-state index >= 15 is 0 Å². The first-order valence-corrected chi connectivity index (χ1v) is 7.26. The number of rotatable bonds is 3. The fourth-order valence-electron chi connectivity index (χ4n) is 2.78. The minimum atomic E-state index is 0.811. The van der Waals surface area contributed by atoms with Gasteiger partial charge in [-0.25, -0.2) is 0 Å². The molecule has 1 saturated heterocycles. The highest BCUT2D eigenvalue weighted by molar-refractivity contribution is 5.60. The molecule has 1 aliphatic rings. The Labute approximate surface area is 125 Å². The monoisotopic (exact) mass is 283 g/mol. The quantitative estimate of drug-likeness (QED) is 0.879. The van der Waals surface area contributed by atoms with Crippen molar-refractivity contribution in [1.82, 2.24) is 0 Å². The molecule has 1 aliphatic heterocycles. The third-order valence-corrected chi connectivity index (χ3v) is 3.96. The Morgan fingerprint density at radius 3 is 2.14 bits per heavy atom. The molecule has 4 nitrogen and oxygen atoms in total. The minimum absolute atomic E-state index is 0.811. The number of para-hydroxylation sites is 2. The van der Waals surface area contributed by atoms with Gasteiger partial charge in [0.1, 0.15) is 5.75 Å². The van der Waals surface area contributed by atoms with E-state index in [1.165, 1.54) is 11.4 Å². The third kappa shape index (κ3) is 2.89. The van der Waals surface area contributed by atoms with Gasteiger partial charge in [-0.3, -0.25) is 0 Å². The molecule has 0 spiro atoms. The van der Waals surface area contributed by atoms with Crippen molar-refractivity contribution in [2.45, 2.75) is 0 Å². The average Bonchev–Trinajstić information content (AvgIpc) is 2.56. The highest BCUT2D eigenvalue weighted by Crippen LogP contribution is 2.29. The normalized spacial score (nSPS) is 15.1. The summed E-state index contributed by atoms with van der Waals surface area (Å²) in [5.74, 6) is 0.943. The van der Waals surface area contributed by atoms with E-state index in [1.807, 2.05) is 24.3 Å². The van der Waals surface area contributed by atoms with Gasteiger partial charge in [-0.1, -0.05) is 12.1 Å². The van der Waals surface area contributed by atoms with Crippen molar-refractivity contribution in [1.29, 1.82) is 0 Å². The van der Waals surface area contributed by atoms with Gasteiger partial charge in [0.05, 0.1) is 12.8 Å². The second kappa shape index (κ2) is 5.95. The van der Waals surface area contributed by atoms with E-state index < -0.39 is 0 Å². The first-order chi connectivity index (χ1) is 10.3. The highest BCUT2D eigenvalue weighted by Gasteiger charge is 2.19. The zero-order chi connectivity index (χ0) is 14.7. The van der Waals surface area contributed by atoms with Crippen molar-refractivity contribution in [2.75, 3.05) is 48.8 Å². The number of piperazine rings is 1. The van der Waals surface area contributed by atoms with Crippen LogP contribution in [0.1, 0.15) is 0 Å². The van der Waals surface area contributed by atoms with E-state index in [0.29, 0.717) is 0 Å². The Morgan fingerprint density at radius 1 is 0.857 bits per heavy atom. The molecule has 0 unspecified atom stereocenters. The molecule has 0 bridgehead atoms. The highest BCUT2D eigenvalue weighted by atomic mass is 16.5. The van der Waals surface area contributed by atoms with Crippen LogP contribution in [0.5, 0.6) is 5.75 Å². The number of nitrogens with two attached hydrogens (primary N) is 1. The average molecular weight is 283 g/mol. The Hall–Kier alpha value is -2.36. The van der Waals surface area contributed by atoms with Gasteiger partial charge >= 0.3 is 0 Å². The van der Waals surface area contributed by atoms with E-state index in [-0.39, 0.29) is 0 Å². The van der Waals surface area contributed by atoms with Gasteiger partial charge in [-0.2, -0.15) is 0 Å². The minimum Gasteiger partial charge on any atom is -0.495 e. The molecule has 4 heteroatoms. The van der Waals surface area contributed by atoms with Gasteiger partial charge in [-0.15, -0.1) is 0 Å². The number of methoxy groups -OCH3 is 1. The van der Waals surface area contributed by atoms with Crippen LogP contribution in [-0.4, -0.2) is 33.3 Å². The summed E-state index contributed by atoms with van der Waals surface area (Å²) in [5.41, 5.74) is 8.97. The first-order valence-electron chi connectivity index (χ1n) is 7.26. The molecule has 2 aromatic rings. The van der Waals surface area contributed by atoms with E-state index in [4.69, 9.17) is 10.5 Å². The van der Waals surface area contributed by atoms with E-state index in [0.717, 1.165) is 37.6 Å². The summed E-state index contributed by atoms with van der Waals surface area (Å²) in [6.45, 7) is 3.99. The molecule has 3 rings (SSSR count). The predicted octanol–water partition coefficient (Wildman–Crippen LogP) is 2.60. The molecule has 110 valence electrons. The second-order valence-corrected chi connectivity index (χ2v) is 5.24. The van der Waals surface area contributed by atoms with Crippen molar-refractivity contribution in [2.24, 2.45) is 0 Å². The summed E-state index contributed by atoms with van der Waals surface area (Å²) in [4.78, 5) is 4.78. The maximum atomic E-state index is 5.75. The molecular formula is C17H21N3O. The standard InChI is InChI=1S/C17H21N3O/c1-21-17-5-3-2-4-16(17)20-12-10-19(11-13-20)15-8-6-14(18)7-9-15/h2-9H,10-13,18H2,1H3. The lowest BCUT2D eigenvalue weighted by Gasteiger charge is -2.37. The molecule has 0 aromatic heterocycles. The molecule has 2 aromatic carbocycles. The van der Waals surface area contributed by atoms with Gasteiger partial charge in [0.25, 0.3) is 0 Å². The van der Waals surface area contributed by atoms with Crippen LogP contribution >= 0.6 is 0 Å². The summed E-state index contributed by atoms with van der Waals surface area (Å²) in [6, 6.07) is 16.3. The van der Waals surface area contributed by atoms with Gasteiger partial charge in [0, 0.05) is 37.6 Å². The zero-order valence-corrected chi connectivity index (χ0v) is 12.3. The third-order valence-electron chi connectivity index (χ3n) is 3.96. The number of anilines is 3. The largest absolute Gasteiger partial charge is 0.495 e. The molecule has 0 atom stereocenters. The van der Waals surface area contributed by atoms with Crippen LogP contribution in [-0.2, 0) is 0 Å². The fraction of sp³-hybridized carbons (Fsp3) is 0.294. The topological polar surface area (TPSA) is 41.7 Å². The van der Waals surface area contributed by atoms with E-state index in [1.54, 1.807) is 7.11 Å². The lowest BCUT2D eigenvalue weighted by Crippen LogP contribution is -2.46. The number of ether oxygens (including phenoxy) is 1. The molecule has 0 saturated carbocycles. The maximum absolute atomic E-state index is 5.75. The summed E-state index contributed by atoms with van der Waals surface area (Å²) < 4.78 is 5.45. The molecule has 1 heterocycles. The maximum Gasteiger partial charge on any atom is 0.142 e. The fourth-order valence-corrected chi connectivity index (χ4v) is 2.78. The number of benzene rings is 2. The zero-order valence-electron chi connectivity index (χ0n) is 12.3. The van der Waals surface area contributed by atoms with Crippen molar-refractivity contribution in [3.05, 3.63) is 48.5 Å². The van der Waals surface area contributed by atoms with Gasteiger partial charge < -0.3 is 20.3 Å².